The van der Waals surface area contributed by atoms with Crippen LogP contribution in [0.15, 0.2) is 40.1 Å². The van der Waals surface area contributed by atoms with Crippen LogP contribution in [-0.4, -0.2) is 15.8 Å². The van der Waals surface area contributed by atoms with Crippen LogP contribution < -0.4 is 0 Å². The minimum absolute atomic E-state index is 0.0340. The number of aliphatic imine (C=N–C) groups is 1. The molecule has 7 heteroatoms. The van der Waals surface area contributed by atoms with Gasteiger partial charge in [-0.1, -0.05) is 11.6 Å². The first kappa shape index (κ1) is 14.4. The SMILES string of the molecule is N#CC(=Nc1ccc(F)c(Cl)c1)c1ccnc(Br)c1O. The maximum Gasteiger partial charge on any atom is 0.158 e. The van der Waals surface area contributed by atoms with Crippen molar-refractivity contribution in [1.29, 1.82) is 5.26 Å². The number of rotatable bonds is 2. The quantitative estimate of drug-likeness (QED) is 0.655. The van der Waals surface area contributed by atoms with E-state index in [1.807, 2.05) is 6.07 Å². The molecule has 1 aromatic carbocycles. The molecule has 0 spiro atoms. The van der Waals surface area contributed by atoms with E-state index in [-0.39, 0.29) is 26.7 Å². The maximum atomic E-state index is 13.1. The van der Waals surface area contributed by atoms with Gasteiger partial charge in [-0.2, -0.15) is 5.26 Å². The monoisotopic (exact) mass is 353 g/mol. The van der Waals surface area contributed by atoms with Crippen molar-refractivity contribution in [2.45, 2.75) is 0 Å². The molecule has 0 saturated heterocycles. The fraction of sp³-hybridized carbons (Fsp3) is 0. The molecular weight excluding hydrogens is 349 g/mol. The molecule has 0 unspecified atom stereocenters. The van der Waals surface area contributed by atoms with E-state index in [1.54, 1.807) is 0 Å². The number of benzene rings is 1. The van der Waals surface area contributed by atoms with Gasteiger partial charge in [0.2, 0.25) is 0 Å². The van der Waals surface area contributed by atoms with Gasteiger partial charge < -0.3 is 5.11 Å². The second-order valence-corrected chi connectivity index (χ2v) is 4.83. The highest BCUT2D eigenvalue weighted by Gasteiger charge is 2.12. The van der Waals surface area contributed by atoms with Gasteiger partial charge in [-0.15, -0.1) is 0 Å². The summed E-state index contributed by atoms with van der Waals surface area (Å²) in [6.45, 7) is 0. The average Bonchev–Trinajstić information content (AvgIpc) is 2.43. The Hall–Kier alpha value is -1.97. The Morgan fingerprint density at radius 1 is 1.45 bits per heavy atom. The van der Waals surface area contributed by atoms with E-state index in [9.17, 15) is 9.50 Å². The lowest BCUT2D eigenvalue weighted by Gasteiger charge is -2.03. The number of hydrogen-bond acceptors (Lipinski definition) is 4. The molecule has 0 amide bonds. The molecule has 2 rings (SSSR count). The zero-order valence-electron chi connectivity index (χ0n) is 9.81. The van der Waals surface area contributed by atoms with Crippen LogP contribution in [0.2, 0.25) is 5.02 Å². The summed E-state index contributed by atoms with van der Waals surface area (Å²) in [6.07, 6.45) is 1.42. The van der Waals surface area contributed by atoms with E-state index < -0.39 is 5.82 Å². The van der Waals surface area contributed by atoms with Gasteiger partial charge in [0.05, 0.1) is 16.3 Å². The fourth-order valence-electron chi connectivity index (χ4n) is 1.45. The van der Waals surface area contributed by atoms with Crippen LogP contribution in [0.25, 0.3) is 0 Å². The van der Waals surface area contributed by atoms with Crippen LogP contribution in [0.1, 0.15) is 5.56 Å². The summed E-state index contributed by atoms with van der Waals surface area (Å²) < 4.78 is 13.3. The number of aromatic nitrogens is 1. The highest BCUT2D eigenvalue weighted by atomic mass is 79.9. The molecule has 0 aliphatic rings. The lowest BCUT2D eigenvalue weighted by molar-refractivity contribution is 0.467. The highest BCUT2D eigenvalue weighted by Crippen LogP contribution is 2.27. The molecule has 1 N–H and O–H groups in total. The van der Waals surface area contributed by atoms with Crippen LogP contribution in [0.3, 0.4) is 0 Å². The molecule has 0 radical (unpaired) electrons. The second-order valence-electron chi connectivity index (χ2n) is 3.67. The van der Waals surface area contributed by atoms with Crippen molar-refractivity contribution in [2.75, 3.05) is 0 Å². The summed E-state index contributed by atoms with van der Waals surface area (Å²) in [5.41, 5.74) is 0.489. The van der Waals surface area contributed by atoms with Gasteiger partial charge in [0, 0.05) is 6.20 Å². The molecular formula is C13H6BrClFN3O. The first-order valence-electron chi connectivity index (χ1n) is 5.30. The minimum atomic E-state index is -0.571. The van der Waals surface area contributed by atoms with Crippen LogP contribution in [0.5, 0.6) is 5.75 Å². The topological polar surface area (TPSA) is 69.3 Å². The molecule has 100 valence electrons. The Bertz CT molecular complexity index is 743. The summed E-state index contributed by atoms with van der Waals surface area (Å²) in [7, 11) is 0. The second kappa shape index (κ2) is 5.99. The number of halogens is 3. The molecule has 0 aliphatic carbocycles. The Morgan fingerprint density at radius 3 is 2.85 bits per heavy atom. The Balaban J connectivity index is 2.52. The molecule has 0 atom stereocenters. The van der Waals surface area contributed by atoms with E-state index in [2.05, 4.69) is 25.9 Å². The van der Waals surface area contributed by atoms with Gasteiger partial charge in [-0.25, -0.2) is 14.4 Å². The van der Waals surface area contributed by atoms with Crippen molar-refractivity contribution >= 4 is 38.9 Å². The predicted molar refractivity (Wildman–Crippen MR) is 76.8 cm³/mol. The zero-order valence-corrected chi connectivity index (χ0v) is 12.2. The number of nitriles is 1. The van der Waals surface area contributed by atoms with E-state index in [0.717, 1.165) is 6.07 Å². The number of pyridine rings is 1. The molecule has 0 bridgehead atoms. The molecule has 20 heavy (non-hydrogen) atoms. The summed E-state index contributed by atoms with van der Waals surface area (Å²) in [6, 6.07) is 7.15. The smallest absolute Gasteiger partial charge is 0.158 e. The Morgan fingerprint density at radius 2 is 2.20 bits per heavy atom. The minimum Gasteiger partial charge on any atom is -0.504 e. The van der Waals surface area contributed by atoms with Crippen molar-refractivity contribution < 1.29 is 9.50 Å². The van der Waals surface area contributed by atoms with Gasteiger partial charge in [0.15, 0.2) is 11.5 Å². The van der Waals surface area contributed by atoms with Crippen LogP contribution in [-0.2, 0) is 0 Å². The molecule has 0 fully saturated rings. The maximum absolute atomic E-state index is 13.1. The normalized spacial score (nSPS) is 11.2. The molecule has 4 nitrogen and oxygen atoms in total. The van der Waals surface area contributed by atoms with Crippen LogP contribution in [0, 0.1) is 17.1 Å². The third kappa shape index (κ3) is 2.95. The Labute approximate surface area is 127 Å². The van der Waals surface area contributed by atoms with Crippen LogP contribution >= 0.6 is 27.5 Å². The van der Waals surface area contributed by atoms with Crippen molar-refractivity contribution in [3.63, 3.8) is 0 Å². The van der Waals surface area contributed by atoms with E-state index in [1.165, 1.54) is 24.4 Å². The zero-order chi connectivity index (χ0) is 14.7. The van der Waals surface area contributed by atoms with Crippen LogP contribution in [0.4, 0.5) is 10.1 Å². The lowest BCUT2D eigenvalue weighted by atomic mass is 10.1. The van der Waals surface area contributed by atoms with Crippen molar-refractivity contribution in [3.8, 4) is 11.8 Å². The molecule has 0 aliphatic heterocycles. The van der Waals surface area contributed by atoms with Gasteiger partial charge >= 0.3 is 0 Å². The van der Waals surface area contributed by atoms with Gasteiger partial charge in [0.1, 0.15) is 16.5 Å². The number of hydrogen-bond donors (Lipinski definition) is 1. The summed E-state index contributed by atoms with van der Waals surface area (Å²) in [5.74, 6) is -0.764. The lowest BCUT2D eigenvalue weighted by Crippen LogP contribution is -1.98. The van der Waals surface area contributed by atoms with Crippen molar-refractivity contribution in [2.24, 2.45) is 4.99 Å². The molecule has 1 aromatic heterocycles. The largest absolute Gasteiger partial charge is 0.504 e. The number of aromatic hydroxyl groups is 1. The first-order chi connectivity index (χ1) is 9.52. The van der Waals surface area contributed by atoms with Crippen molar-refractivity contribution in [3.05, 3.63) is 51.5 Å². The summed E-state index contributed by atoms with van der Waals surface area (Å²) in [4.78, 5) is 7.87. The van der Waals surface area contributed by atoms with Gasteiger partial charge in [-0.3, -0.25) is 0 Å². The standard InChI is InChI=1S/C13H6BrClFN3O/c14-13-12(20)8(3-4-18-13)11(6-17)19-7-1-2-10(16)9(15)5-7/h1-5,20H. The summed E-state index contributed by atoms with van der Waals surface area (Å²) >= 11 is 8.70. The first-order valence-corrected chi connectivity index (χ1v) is 6.47. The third-order valence-corrected chi connectivity index (χ3v) is 3.25. The summed E-state index contributed by atoms with van der Waals surface area (Å²) in [5, 5.41) is 18.9. The molecule has 0 saturated carbocycles. The molecule has 1 heterocycles. The van der Waals surface area contributed by atoms with Gasteiger partial charge in [0.25, 0.3) is 0 Å². The fourth-order valence-corrected chi connectivity index (χ4v) is 1.96. The Kier molecular flexibility index (Phi) is 4.32. The van der Waals surface area contributed by atoms with E-state index >= 15 is 0 Å². The average molecular weight is 355 g/mol. The third-order valence-electron chi connectivity index (χ3n) is 2.38. The molecule has 2 aromatic rings. The van der Waals surface area contributed by atoms with Gasteiger partial charge in [-0.05, 0) is 40.2 Å². The van der Waals surface area contributed by atoms with E-state index in [0.29, 0.717) is 5.69 Å². The van der Waals surface area contributed by atoms with E-state index in [4.69, 9.17) is 16.9 Å². The predicted octanol–water partition coefficient (Wildman–Crippen LogP) is 3.99. The number of nitrogens with zero attached hydrogens (tertiary/aromatic N) is 3. The van der Waals surface area contributed by atoms with Crippen molar-refractivity contribution in [1.82, 2.24) is 4.98 Å². The highest BCUT2D eigenvalue weighted by molar-refractivity contribution is 9.10.